The van der Waals surface area contributed by atoms with Gasteiger partial charge in [0.1, 0.15) is 5.00 Å². The van der Waals surface area contributed by atoms with Gasteiger partial charge in [-0.3, -0.25) is 5.32 Å². The Balaban J connectivity index is 2.80. The van der Waals surface area contributed by atoms with Crippen LogP contribution in [0.2, 0.25) is 0 Å². The Morgan fingerprint density at radius 1 is 1.38 bits per heavy atom. The third kappa shape index (κ3) is 4.36. The summed E-state index contributed by atoms with van der Waals surface area (Å²) in [6, 6.07) is -0.709. The number of aryl methyl sites for hydroxylation is 1. The molecule has 0 aliphatic rings. The van der Waals surface area contributed by atoms with Crippen molar-refractivity contribution in [3.8, 4) is 0 Å². The fourth-order valence-electron chi connectivity index (χ4n) is 1.85. The molecule has 1 rings (SSSR count). The SMILES string of the molecule is CSC(CO)C(C)NC(=O)Nc1sc(C)c(C)c1C(=O)O. The number of rotatable bonds is 6. The lowest BCUT2D eigenvalue weighted by molar-refractivity contribution is 0.0697. The molecule has 2 unspecified atom stereocenters. The molecule has 0 saturated carbocycles. The van der Waals surface area contributed by atoms with Gasteiger partial charge in [-0.05, 0) is 32.6 Å². The van der Waals surface area contributed by atoms with Gasteiger partial charge in [0.15, 0.2) is 0 Å². The smallest absolute Gasteiger partial charge is 0.338 e. The molecule has 118 valence electrons. The van der Waals surface area contributed by atoms with Gasteiger partial charge in [0.25, 0.3) is 0 Å². The molecule has 2 amide bonds. The van der Waals surface area contributed by atoms with Gasteiger partial charge in [-0.2, -0.15) is 11.8 Å². The average molecular weight is 332 g/mol. The van der Waals surface area contributed by atoms with E-state index in [-0.39, 0.29) is 23.5 Å². The Morgan fingerprint density at radius 2 is 2.00 bits per heavy atom. The number of amides is 2. The molecule has 1 aromatic rings. The van der Waals surface area contributed by atoms with Crippen molar-refractivity contribution < 1.29 is 19.8 Å². The van der Waals surface area contributed by atoms with E-state index in [1.54, 1.807) is 13.8 Å². The molecule has 0 fully saturated rings. The molecule has 1 heterocycles. The fraction of sp³-hybridized carbons (Fsp3) is 0.538. The number of thioether (sulfide) groups is 1. The predicted molar refractivity (Wildman–Crippen MR) is 86.8 cm³/mol. The first kappa shape index (κ1) is 17.8. The molecule has 0 aliphatic carbocycles. The summed E-state index contributed by atoms with van der Waals surface area (Å²) >= 11 is 2.69. The van der Waals surface area contributed by atoms with Gasteiger partial charge < -0.3 is 15.5 Å². The maximum Gasteiger partial charge on any atom is 0.338 e. The average Bonchev–Trinajstić information content (AvgIpc) is 2.65. The van der Waals surface area contributed by atoms with E-state index < -0.39 is 12.0 Å². The molecule has 0 aromatic carbocycles. The van der Waals surface area contributed by atoms with Gasteiger partial charge in [-0.15, -0.1) is 11.3 Å². The lowest BCUT2D eigenvalue weighted by Gasteiger charge is -2.21. The number of aliphatic hydroxyl groups excluding tert-OH is 1. The van der Waals surface area contributed by atoms with Gasteiger partial charge in [0, 0.05) is 16.2 Å². The second kappa shape index (κ2) is 7.67. The molecule has 4 N–H and O–H groups in total. The molecule has 0 saturated heterocycles. The number of carboxylic acid groups (broad SMARTS) is 1. The third-order valence-corrected chi connectivity index (χ3v) is 5.51. The van der Waals surface area contributed by atoms with Crippen molar-refractivity contribution >= 4 is 40.1 Å². The number of thiophene rings is 1. The molecule has 2 atom stereocenters. The quantitative estimate of drug-likeness (QED) is 0.641. The first-order chi connectivity index (χ1) is 9.81. The van der Waals surface area contributed by atoms with Crippen molar-refractivity contribution in [1.82, 2.24) is 5.32 Å². The van der Waals surface area contributed by atoms with Crippen LogP contribution in [-0.2, 0) is 0 Å². The van der Waals surface area contributed by atoms with Crippen LogP contribution in [0.1, 0.15) is 27.7 Å². The number of urea groups is 1. The topological polar surface area (TPSA) is 98.7 Å². The Hall–Kier alpha value is -1.25. The Morgan fingerprint density at radius 3 is 2.48 bits per heavy atom. The number of anilines is 1. The largest absolute Gasteiger partial charge is 0.478 e. The second-order valence-corrected chi connectivity index (χ2v) is 6.94. The first-order valence-corrected chi connectivity index (χ1v) is 8.46. The van der Waals surface area contributed by atoms with Crippen LogP contribution in [0.4, 0.5) is 9.80 Å². The maximum absolute atomic E-state index is 12.0. The summed E-state index contributed by atoms with van der Waals surface area (Å²) in [6.45, 7) is 5.28. The van der Waals surface area contributed by atoms with Crippen molar-refractivity contribution in [3.63, 3.8) is 0 Å². The monoisotopic (exact) mass is 332 g/mol. The summed E-state index contributed by atoms with van der Waals surface area (Å²) in [5.74, 6) is -1.06. The maximum atomic E-state index is 12.0. The zero-order valence-corrected chi connectivity index (χ0v) is 14.0. The Labute approximate surface area is 131 Å². The zero-order valence-electron chi connectivity index (χ0n) is 12.4. The lowest BCUT2D eigenvalue weighted by Crippen LogP contribution is -2.43. The summed E-state index contributed by atoms with van der Waals surface area (Å²) in [4.78, 5) is 24.1. The Kier molecular flexibility index (Phi) is 6.50. The van der Waals surface area contributed by atoms with E-state index in [0.29, 0.717) is 10.6 Å². The van der Waals surface area contributed by atoms with Crippen LogP contribution in [-0.4, -0.2) is 46.4 Å². The van der Waals surface area contributed by atoms with E-state index >= 15 is 0 Å². The summed E-state index contributed by atoms with van der Waals surface area (Å²) in [6.07, 6.45) is 1.85. The molecule has 0 aliphatic heterocycles. The number of hydrogen-bond acceptors (Lipinski definition) is 5. The molecule has 21 heavy (non-hydrogen) atoms. The molecular weight excluding hydrogens is 312 g/mol. The highest BCUT2D eigenvalue weighted by atomic mass is 32.2. The molecule has 0 bridgehead atoms. The van der Waals surface area contributed by atoms with Crippen LogP contribution in [0.5, 0.6) is 0 Å². The van der Waals surface area contributed by atoms with Crippen LogP contribution in [0.25, 0.3) is 0 Å². The van der Waals surface area contributed by atoms with E-state index in [1.807, 2.05) is 13.2 Å². The highest BCUT2D eigenvalue weighted by molar-refractivity contribution is 7.99. The summed E-state index contributed by atoms with van der Waals surface area (Å²) in [7, 11) is 0. The molecule has 8 heteroatoms. The molecule has 1 aromatic heterocycles. The third-order valence-electron chi connectivity index (χ3n) is 3.23. The minimum atomic E-state index is -1.06. The normalized spacial score (nSPS) is 13.6. The summed E-state index contributed by atoms with van der Waals surface area (Å²) in [5.41, 5.74) is 0.789. The number of carbonyl (C=O) groups is 2. The molecular formula is C13H20N2O4S2. The van der Waals surface area contributed by atoms with Crippen molar-refractivity contribution in [2.75, 3.05) is 18.2 Å². The summed E-state index contributed by atoms with van der Waals surface area (Å²) in [5, 5.41) is 23.9. The Bertz CT molecular complexity index is 526. The highest BCUT2D eigenvalue weighted by Gasteiger charge is 2.22. The molecule has 0 radical (unpaired) electrons. The van der Waals surface area contributed by atoms with Crippen LogP contribution < -0.4 is 10.6 Å². The predicted octanol–water partition coefficient (Wildman–Crippen LogP) is 2.30. The summed E-state index contributed by atoms with van der Waals surface area (Å²) < 4.78 is 0. The van der Waals surface area contributed by atoms with Gasteiger partial charge in [-0.25, -0.2) is 9.59 Å². The highest BCUT2D eigenvalue weighted by Crippen LogP contribution is 2.32. The number of carboxylic acids is 1. The first-order valence-electron chi connectivity index (χ1n) is 6.36. The van der Waals surface area contributed by atoms with Crippen LogP contribution >= 0.6 is 23.1 Å². The number of nitrogens with one attached hydrogen (secondary N) is 2. The zero-order chi connectivity index (χ0) is 16.2. The van der Waals surface area contributed by atoms with Crippen molar-refractivity contribution in [2.45, 2.75) is 32.1 Å². The minimum absolute atomic E-state index is 0.0415. The number of hydrogen-bond donors (Lipinski definition) is 4. The number of carbonyl (C=O) groups excluding carboxylic acids is 1. The van der Waals surface area contributed by atoms with Crippen LogP contribution in [0.15, 0.2) is 0 Å². The van der Waals surface area contributed by atoms with Gasteiger partial charge in [0.05, 0.1) is 12.2 Å². The fourth-order valence-corrected chi connectivity index (χ4v) is 3.52. The van der Waals surface area contributed by atoms with E-state index in [2.05, 4.69) is 10.6 Å². The number of aromatic carboxylic acids is 1. The second-order valence-electron chi connectivity index (χ2n) is 4.64. The van der Waals surface area contributed by atoms with Crippen molar-refractivity contribution in [1.29, 1.82) is 0 Å². The van der Waals surface area contributed by atoms with E-state index in [1.165, 1.54) is 23.1 Å². The lowest BCUT2D eigenvalue weighted by atomic mass is 10.1. The van der Waals surface area contributed by atoms with Crippen LogP contribution in [0.3, 0.4) is 0 Å². The number of aliphatic hydroxyl groups is 1. The van der Waals surface area contributed by atoms with Gasteiger partial charge >= 0.3 is 12.0 Å². The van der Waals surface area contributed by atoms with Gasteiger partial charge in [0.2, 0.25) is 0 Å². The minimum Gasteiger partial charge on any atom is -0.478 e. The standard InChI is InChI=1S/C13H20N2O4S2/c1-6-8(3)21-11(10(6)12(17)18)15-13(19)14-7(2)9(5-16)20-4/h7,9,16H,5H2,1-4H3,(H,17,18)(H2,14,15,19). The van der Waals surface area contributed by atoms with E-state index in [0.717, 1.165) is 4.88 Å². The van der Waals surface area contributed by atoms with E-state index in [9.17, 15) is 19.8 Å². The van der Waals surface area contributed by atoms with Crippen molar-refractivity contribution in [3.05, 3.63) is 16.0 Å². The van der Waals surface area contributed by atoms with E-state index in [4.69, 9.17) is 0 Å². The van der Waals surface area contributed by atoms with Gasteiger partial charge in [-0.1, -0.05) is 0 Å². The van der Waals surface area contributed by atoms with Crippen molar-refractivity contribution in [2.24, 2.45) is 0 Å². The molecule has 0 spiro atoms. The molecule has 6 nitrogen and oxygen atoms in total. The van der Waals surface area contributed by atoms with Crippen LogP contribution in [0, 0.1) is 13.8 Å².